The Morgan fingerprint density at radius 1 is 1.10 bits per heavy atom. The van der Waals surface area contributed by atoms with Crippen molar-refractivity contribution >= 4 is 29.2 Å². The summed E-state index contributed by atoms with van der Waals surface area (Å²) in [4.78, 5) is 35.3. The van der Waals surface area contributed by atoms with E-state index >= 15 is 0 Å². The van der Waals surface area contributed by atoms with Crippen LogP contribution < -0.4 is 16.6 Å². The van der Waals surface area contributed by atoms with Gasteiger partial charge in [-0.25, -0.2) is 4.39 Å². The molecule has 2 aromatic rings. The van der Waals surface area contributed by atoms with E-state index in [4.69, 9.17) is 17.3 Å². The number of nitrogens with one attached hydrogen (secondary N) is 1. The van der Waals surface area contributed by atoms with Gasteiger partial charge in [0.05, 0.1) is 16.8 Å². The van der Waals surface area contributed by atoms with E-state index in [1.807, 2.05) is 5.32 Å². The Morgan fingerprint density at radius 2 is 1.81 bits per heavy atom. The number of fused-ring (bicyclic) bond motifs is 1. The first-order chi connectivity index (χ1) is 9.88. The zero-order chi connectivity index (χ0) is 15.3. The van der Waals surface area contributed by atoms with Crippen molar-refractivity contribution in [3.8, 4) is 5.69 Å². The molecule has 3 N–H and O–H groups in total. The van der Waals surface area contributed by atoms with Crippen molar-refractivity contribution in [2.75, 3.05) is 5.73 Å². The highest BCUT2D eigenvalue weighted by atomic mass is 35.5. The molecule has 1 aromatic carbocycles. The Labute approximate surface area is 121 Å². The molecule has 0 fully saturated rings. The number of nitrogens with two attached hydrogens (primary N) is 1. The van der Waals surface area contributed by atoms with Gasteiger partial charge in [0, 0.05) is 11.1 Å². The molecule has 1 aliphatic heterocycles. The Balaban J connectivity index is 2.35. The molecule has 0 aliphatic carbocycles. The van der Waals surface area contributed by atoms with E-state index in [9.17, 15) is 18.8 Å². The van der Waals surface area contributed by atoms with Crippen molar-refractivity contribution in [1.82, 2.24) is 9.88 Å². The maximum atomic E-state index is 13.4. The standard InChI is InChI=1S/C13H7ClFN3O3/c14-5-1-6(15)3-7(2-5)18-9(19)4-8-10(11(18)16)13(21)17-12(8)20/h1-4H,16H2,(H,17,20,21). The smallest absolute Gasteiger partial charge is 0.262 e. The second kappa shape index (κ2) is 4.42. The van der Waals surface area contributed by atoms with Crippen molar-refractivity contribution in [2.24, 2.45) is 0 Å². The number of amides is 2. The molecule has 0 saturated carbocycles. The fraction of sp³-hybridized carbons (Fsp3) is 0. The summed E-state index contributed by atoms with van der Waals surface area (Å²) in [5.41, 5.74) is 5.00. The predicted molar refractivity (Wildman–Crippen MR) is 73.2 cm³/mol. The summed E-state index contributed by atoms with van der Waals surface area (Å²) >= 11 is 5.74. The second-order valence-electron chi connectivity index (χ2n) is 4.40. The molecule has 0 bridgehead atoms. The molecule has 0 spiro atoms. The third-order valence-corrected chi connectivity index (χ3v) is 3.28. The summed E-state index contributed by atoms with van der Waals surface area (Å²) in [6, 6.07) is 4.41. The first-order valence-corrected chi connectivity index (χ1v) is 6.14. The number of halogens is 2. The predicted octanol–water partition coefficient (Wildman–Crippen LogP) is 1.10. The van der Waals surface area contributed by atoms with Gasteiger partial charge in [-0.1, -0.05) is 11.6 Å². The summed E-state index contributed by atoms with van der Waals surface area (Å²) in [5.74, 6) is -2.31. The highest BCUT2D eigenvalue weighted by Gasteiger charge is 2.31. The zero-order valence-corrected chi connectivity index (χ0v) is 11.1. The van der Waals surface area contributed by atoms with Crippen LogP contribution in [0.25, 0.3) is 5.69 Å². The summed E-state index contributed by atoms with van der Waals surface area (Å²) in [5, 5.41) is 2.11. The molecule has 2 heterocycles. The van der Waals surface area contributed by atoms with Crippen LogP contribution in [0.15, 0.2) is 29.1 Å². The maximum absolute atomic E-state index is 13.4. The SMILES string of the molecule is Nc1c2c(cc(=O)n1-c1cc(F)cc(Cl)c1)C(=O)NC2=O. The molecule has 0 saturated heterocycles. The number of benzene rings is 1. The van der Waals surface area contributed by atoms with E-state index in [0.717, 1.165) is 22.8 Å². The van der Waals surface area contributed by atoms with Gasteiger partial charge in [0.15, 0.2) is 0 Å². The van der Waals surface area contributed by atoms with Crippen LogP contribution >= 0.6 is 11.6 Å². The maximum Gasteiger partial charge on any atom is 0.262 e. The lowest BCUT2D eigenvalue weighted by Crippen LogP contribution is -2.24. The van der Waals surface area contributed by atoms with Crippen LogP contribution in [0.5, 0.6) is 0 Å². The van der Waals surface area contributed by atoms with Gasteiger partial charge in [0.2, 0.25) is 0 Å². The van der Waals surface area contributed by atoms with E-state index in [0.29, 0.717) is 0 Å². The molecule has 1 aromatic heterocycles. The first kappa shape index (κ1) is 13.3. The lowest BCUT2D eigenvalue weighted by atomic mass is 10.1. The van der Waals surface area contributed by atoms with Crippen molar-refractivity contribution in [3.05, 3.63) is 56.6 Å². The number of hydrogen-bond donors (Lipinski definition) is 2. The summed E-state index contributed by atoms with van der Waals surface area (Å²) < 4.78 is 14.3. The quantitative estimate of drug-likeness (QED) is 0.771. The van der Waals surface area contributed by atoms with E-state index in [2.05, 4.69) is 0 Å². The fourth-order valence-electron chi connectivity index (χ4n) is 2.21. The Bertz CT molecular complexity index is 855. The molecule has 106 valence electrons. The number of carbonyl (C=O) groups is 2. The number of nitrogen functional groups attached to an aromatic ring is 1. The Kier molecular flexibility index (Phi) is 2.80. The lowest BCUT2D eigenvalue weighted by molar-refractivity contribution is 0.0880. The van der Waals surface area contributed by atoms with Gasteiger partial charge in [0.1, 0.15) is 11.6 Å². The van der Waals surface area contributed by atoms with Crippen molar-refractivity contribution in [1.29, 1.82) is 0 Å². The minimum absolute atomic E-state index is 0.0670. The summed E-state index contributed by atoms with van der Waals surface area (Å²) in [7, 11) is 0. The Hall–Kier alpha value is -2.67. The van der Waals surface area contributed by atoms with E-state index < -0.39 is 23.2 Å². The number of rotatable bonds is 1. The minimum Gasteiger partial charge on any atom is -0.384 e. The summed E-state index contributed by atoms with van der Waals surface area (Å²) in [6.07, 6.45) is 0. The molecule has 8 heteroatoms. The largest absolute Gasteiger partial charge is 0.384 e. The first-order valence-electron chi connectivity index (χ1n) is 5.76. The number of anilines is 1. The van der Waals surface area contributed by atoms with Gasteiger partial charge in [0.25, 0.3) is 17.4 Å². The molecule has 21 heavy (non-hydrogen) atoms. The number of hydrogen-bond acceptors (Lipinski definition) is 4. The minimum atomic E-state index is -0.705. The molecule has 0 atom stereocenters. The Morgan fingerprint density at radius 3 is 2.48 bits per heavy atom. The lowest BCUT2D eigenvalue weighted by Gasteiger charge is -2.12. The van der Waals surface area contributed by atoms with Crippen molar-refractivity contribution < 1.29 is 14.0 Å². The second-order valence-corrected chi connectivity index (χ2v) is 4.84. The molecule has 2 amide bonds. The van der Waals surface area contributed by atoms with E-state index in [1.165, 1.54) is 6.07 Å². The average molecular weight is 308 g/mol. The average Bonchev–Trinajstić information content (AvgIpc) is 2.63. The molecule has 0 unspecified atom stereocenters. The van der Waals surface area contributed by atoms with Crippen LogP contribution in [0.3, 0.4) is 0 Å². The molecule has 0 radical (unpaired) electrons. The molecule has 6 nitrogen and oxygen atoms in total. The third kappa shape index (κ3) is 1.98. The molecular formula is C13H7ClFN3O3. The fourth-order valence-corrected chi connectivity index (χ4v) is 2.43. The third-order valence-electron chi connectivity index (χ3n) is 3.06. The van der Waals surface area contributed by atoms with E-state index in [-0.39, 0.29) is 27.7 Å². The van der Waals surface area contributed by atoms with Crippen LogP contribution in [-0.4, -0.2) is 16.4 Å². The molecule has 1 aliphatic rings. The van der Waals surface area contributed by atoms with Gasteiger partial charge in [-0.2, -0.15) is 0 Å². The number of carbonyl (C=O) groups excluding carboxylic acids is 2. The topological polar surface area (TPSA) is 94.2 Å². The van der Waals surface area contributed by atoms with Gasteiger partial charge in [-0.15, -0.1) is 0 Å². The van der Waals surface area contributed by atoms with Crippen molar-refractivity contribution in [2.45, 2.75) is 0 Å². The normalized spacial score (nSPS) is 13.2. The number of pyridine rings is 1. The van der Waals surface area contributed by atoms with Crippen LogP contribution in [-0.2, 0) is 0 Å². The zero-order valence-electron chi connectivity index (χ0n) is 10.3. The monoisotopic (exact) mass is 307 g/mol. The van der Waals surface area contributed by atoms with E-state index in [1.54, 1.807) is 0 Å². The highest BCUT2D eigenvalue weighted by Crippen LogP contribution is 2.24. The van der Waals surface area contributed by atoms with Crippen molar-refractivity contribution in [3.63, 3.8) is 0 Å². The molecular weight excluding hydrogens is 301 g/mol. The highest BCUT2D eigenvalue weighted by molar-refractivity contribution is 6.30. The van der Waals surface area contributed by atoms with Gasteiger partial charge >= 0.3 is 0 Å². The van der Waals surface area contributed by atoms with Crippen LogP contribution in [0.4, 0.5) is 10.2 Å². The van der Waals surface area contributed by atoms with Crippen LogP contribution in [0.1, 0.15) is 20.7 Å². The molecule has 3 rings (SSSR count). The number of nitrogens with zero attached hydrogens (tertiary/aromatic N) is 1. The number of aromatic nitrogens is 1. The van der Waals surface area contributed by atoms with Gasteiger partial charge in [-0.3, -0.25) is 24.3 Å². The van der Waals surface area contributed by atoms with Crippen LogP contribution in [0.2, 0.25) is 5.02 Å². The summed E-state index contributed by atoms with van der Waals surface area (Å²) in [6.45, 7) is 0. The van der Waals surface area contributed by atoms with Gasteiger partial charge in [-0.05, 0) is 18.2 Å². The van der Waals surface area contributed by atoms with Gasteiger partial charge < -0.3 is 5.73 Å². The van der Waals surface area contributed by atoms with Crippen LogP contribution in [0, 0.1) is 5.82 Å². The number of imide groups is 1.